The first-order valence-electron chi connectivity index (χ1n) is 9.43. The van der Waals surface area contributed by atoms with E-state index in [1.54, 1.807) is 14.2 Å². The molecule has 1 aromatic rings. The zero-order valence-electron chi connectivity index (χ0n) is 15.9. The highest BCUT2D eigenvalue weighted by molar-refractivity contribution is 5.67. The molecule has 0 aliphatic heterocycles. The third kappa shape index (κ3) is 7.48. The fourth-order valence-electron chi connectivity index (χ4n) is 3.31. The molecule has 1 amide bonds. The zero-order chi connectivity index (χ0) is 18.6. The Labute approximate surface area is 156 Å². The predicted molar refractivity (Wildman–Crippen MR) is 103 cm³/mol. The molecule has 1 aliphatic carbocycles. The lowest BCUT2D eigenvalue weighted by Crippen LogP contribution is -2.40. The van der Waals surface area contributed by atoms with Crippen LogP contribution in [0.2, 0.25) is 0 Å². The summed E-state index contributed by atoms with van der Waals surface area (Å²) in [4.78, 5) is 12.0. The van der Waals surface area contributed by atoms with E-state index in [2.05, 4.69) is 11.4 Å². The molecule has 0 saturated heterocycles. The Hall–Kier alpha value is -2.01. The SMILES string of the molecule is COC[C@H](Cc1ccc(OC)cc1)NC(=O)OC/C=C/C1CCCCC1. The summed E-state index contributed by atoms with van der Waals surface area (Å²) in [6.45, 7) is 0.740. The van der Waals surface area contributed by atoms with Gasteiger partial charge in [-0.05, 0) is 42.9 Å². The van der Waals surface area contributed by atoms with E-state index in [0.717, 1.165) is 11.3 Å². The molecule has 0 aromatic heterocycles. The monoisotopic (exact) mass is 361 g/mol. The Balaban J connectivity index is 1.74. The number of rotatable bonds is 9. The maximum atomic E-state index is 12.0. The lowest BCUT2D eigenvalue weighted by molar-refractivity contribution is 0.133. The maximum Gasteiger partial charge on any atom is 0.407 e. The molecule has 0 radical (unpaired) electrons. The van der Waals surface area contributed by atoms with Crippen LogP contribution in [0.5, 0.6) is 5.75 Å². The van der Waals surface area contributed by atoms with Crippen LogP contribution in [0, 0.1) is 5.92 Å². The topological polar surface area (TPSA) is 56.8 Å². The Kier molecular flexibility index (Phi) is 9.04. The van der Waals surface area contributed by atoms with Crippen LogP contribution in [0.1, 0.15) is 37.7 Å². The third-order valence-corrected chi connectivity index (χ3v) is 4.70. The molecule has 2 rings (SSSR count). The lowest BCUT2D eigenvalue weighted by atomic mass is 9.89. The van der Waals surface area contributed by atoms with Crippen molar-refractivity contribution in [3.05, 3.63) is 42.0 Å². The van der Waals surface area contributed by atoms with Crippen LogP contribution in [0.25, 0.3) is 0 Å². The van der Waals surface area contributed by atoms with Crippen LogP contribution in [0.4, 0.5) is 4.79 Å². The van der Waals surface area contributed by atoms with Gasteiger partial charge in [-0.1, -0.05) is 43.5 Å². The number of amides is 1. The van der Waals surface area contributed by atoms with Gasteiger partial charge in [0, 0.05) is 7.11 Å². The van der Waals surface area contributed by atoms with Crippen molar-refractivity contribution in [3.63, 3.8) is 0 Å². The van der Waals surface area contributed by atoms with Crippen molar-refractivity contribution in [3.8, 4) is 5.75 Å². The van der Waals surface area contributed by atoms with Crippen LogP contribution in [0.15, 0.2) is 36.4 Å². The molecule has 1 N–H and O–H groups in total. The van der Waals surface area contributed by atoms with Crippen LogP contribution in [-0.2, 0) is 15.9 Å². The van der Waals surface area contributed by atoms with Crippen molar-refractivity contribution < 1.29 is 19.0 Å². The van der Waals surface area contributed by atoms with Gasteiger partial charge < -0.3 is 19.5 Å². The number of carbonyl (C=O) groups is 1. The first-order chi connectivity index (χ1) is 12.7. The van der Waals surface area contributed by atoms with E-state index in [0.29, 0.717) is 25.6 Å². The number of nitrogens with one attached hydrogen (secondary N) is 1. The van der Waals surface area contributed by atoms with Gasteiger partial charge in [0.1, 0.15) is 12.4 Å². The van der Waals surface area contributed by atoms with Crippen molar-refractivity contribution in [2.45, 2.75) is 44.6 Å². The number of carbonyl (C=O) groups excluding carboxylic acids is 1. The Morgan fingerprint density at radius 2 is 1.92 bits per heavy atom. The highest BCUT2D eigenvalue weighted by Gasteiger charge is 2.14. The largest absolute Gasteiger partial charge is 0.497 e. The van der Waals surface area contributed by atoms with Crippen LogP contribution in [-0.4, -0.2) is 39.6 Å². The van der Waals surface area contributed by atoms with Gasteiger partial charge in [-0.2, -0.15) is 0 Å². The van der Waals surface area contributed by atoms with Gasteiger partial charge in [-0.15, -0.1) is 0 Å². The minimum Gasteiger partial charge on any atom is -0.497 e. The van der Waals surface area contributed by atoms with Crippen molar-refractivity contribution in [2.75, 3.05) is 27.4 Å². The molecule has 1 atom stereocenters. The Morgan fingerprint density at radius 3 is 2.58 bits per heavy atom. The van der Waals surface area contributed by atoms with Crippen LogP contribution < -0.4 is 10.1 Å². The maximum absolute atomic E-state index is 12.0. The van der Waals surface area contributed by atoms with Gasteiger partial charge in [0.05, 0.1) is 19.8 Å². The summed E-state index contributed by atoms with van der Waals surface area (Å²) in [5, 5.41) is 2.88. The average molecular weight is 361 g/mol. The van der Waals surface area contributed by atoms with E-state index < -0.39 is 6.09 Å². The quantitative estimate of drug-likeness (QED) is 0.672. The van der Waals surface area contributed by atoms with E-state index >= 15 is 0 Å². The highest BCUT2D eigenvalue weighted by atomic mass is 16.5. The van der Waals surface area contributed by atoms with Gasteiger partial charge >= 0.3 is 6.09 Å². The minimum absolute atomic E-state index is 0.136. The Bertz CT molecular complexity index is 550. The molecule has 144 valence electrons. The molecule has 1 fully saturated rings. The normalized spacial score (nSPS) is 16.4. The van der Waals surface area contributed by atoms with Crippen molar-refractivity contribution in [1.29, 1.82) is 0 Å². The molecule has 0 bridgehead atoms. The van der Waals surface area contributed by atoms with Crippen LogP contribution in [0.3, 0.4) is 0 Å². The van der Waals surface area contributed by atoms with E-state index in [4.69, 9.17) is 14.2 Å². The molecule has 1 aromatic carbocycles. The second kappa shape index (κ2) is 11.6. The summed E-state index contributed by atoms with van der Waals surface area (Å²) in [7, 11) is 3.27. The number of alkyl carbamates (subject to hydrolysis) is 1. The standard InChI is InChI=1S/C21H31NO4/c1-24-16-19(15-18-10-12-20(25-2)13-11-18)22-21(23)26-14-6-9-17-7-4-3-5-8-17/h6,9-13,17,19H,3-5,7-8,14-16H2,1-2H3,(H,22,23)/b9-6+/t19-/m0/s1. The lowest BCUT2D eigenvalue weighted by Gasteiger charge is -2.18. The number of ether oxygens (including phenoxy) is 3. The number of allylic oxidation sites excluding steroid dienone is 1. The van der Waals surface area contributed by atoms with Gasteiger partial charge in [0.15, 0.2) is 0 Å². The second-order valence-corrected chi connectivity index (χ2v) is 6.77. The molecule has 5 nitrogen and oxygen atoms in total. The first-order valence-corrected chi connectivity index (χ1v) is 9.43. The highest BCUT2D eigenvalue weighted by Crippen LogP contribution is 2.24. The summed E-state index contributed by atoms with van der Waals surface area (Å²) in [6.07, 6.45) is 10.9. The summed E-state index contributed by atoms with van der Waals surface area (Å²) in [6, 6.07) is 7.66. The van der Waals surface area contributed by atoms with E-state index in [1.165, 1.54) is 32.1 Å². The summed E-state index contributed by atoms with van der Waals surface area (Å²) >= 11 is 0. The number of benzene rings is 1. The van der Waals surface area contributed by atoms with E-state index in [9.17, 15) is 4.79 Å². The number of hydrogen-bond acceptors (Lipinski definition) is 4. The second-order valence-electron chi connectivity index (χ2n) is 6.77. The van der Waals surface area contributed by atoms with E-state index in [-0.39, 0.29) is 6.04 Å². The molecule has 1 aliphatic rings. The Morgan fingerprint density at radius 1 is 1.19 bits per heavy atom. The molecule has 0 spiro atoms. The van der Waals surface area contributed by atoms with Gasteiger partial charge in [-0.3, -0.25) is 0 Å². The number of methoxy groups -OCH3 is 2. The van der Waals surface area contributed by atoms with Crippen molar-refractivity contribution in [1.82, 2.24) is 5.32 Å². The van der Waals surface area contributed by atoms with Crippen molar-refractivity contribution >= 4 is 6.09 Å². The van der Waals surface area contributed by atoms with E-state index in [1.807, 2.05) is 30.3 Å². The predicted octanol–water partition coefficient (Wildman–Crippen LogP) is 4.12. The average Bonchev–Trinajstić information content (AvgIpc) is 2.67. The smallest absolute Gasteiger partial charge is 0.407 e. The number of hydrogen-bond donors (Lipinski definition) is 1. The molecule has 0 unspecified atom stereocenters. The third-order valence-electron chi connectivity index (χ3n) is 4.70. The molecule has 5 heteroatoms. The van der Waals surface area contributed by atoms with Gasteiger partial charge in [0.25, 0.3) is 0 Å². The zero-order valence-corrected chi connectivity index (χ0v) is 15.9. The summed E-state index contributed by atoms with van der Waals surface area (Å²) in [5.41, 5.74) is 1.10. The fraction of sp³-hybridized carbons (Fsp3) is 0.571. The molecular formula is C21H31NO4. The van der Waals surface area contributed by atoms with Crippen molar-refractivity contribution in [2.24, 2.45) is 5.92 Å². The molecule has 1 saturated carbocycles. The molecule has 0 heterocycles. The summed E-state index contributed by atoms with van der Waals surface area (Å²) in [5.74, 6) is 1.46. The first kappa shape index (κ1) is 20.3. The van der Waals surface area contributed by atoms with Crippen LogP contribution >= 0.6 is 0 Å². The molecule has 26 heavy (non-hydrogen) atoms. The van der Waals surface area contributed by atoms with Gasteiger partial charge in [0.2, 0.25) is 0 Å². The minimum atomic E-state index is -0.408. The fourth-order valence-corrected chi connectivity index (χ4v) is 3.31. The van der Waals surface area contributed by atoms with Gasteiger partial charge in [-0.25, -0.2) is 4.79 Å². The molecular weight excluding hydrogens is 330 g/mol. The summed E-state index contributed by atoms with van der Waals surface area (Å²) < 4.78 is 15.7.